The normalized spacial score (nSPS) is 12.2. The summed E-state index contributed by atoms with van der Waals surface area (Å²) in [7, 11) is 0. The van der Waals surface area contributed by atoms with Crippen LogP contribution in [0.3, 0.4) is 0 Å². The van der Waals surface area contributed by atoms with Gasteiger partial charge in [0.25, 0.3) is 0 Å². The van der Waals surface area contributed by atoms with Gasteiger partial charge in [0.05, 0.1) is 11.8 Å². The number of anilines is 1. The molecule has 0 aliphatic carbocycles. The fourth-order valence-electron chi connectivity index (χ4n) is 2.34. The zero-order valence-electron chi connectivity index (χ0n) is 12.0. The predicted molar refractivity (Wildman–Crippen MR) is 85.3 cm³/mol. The monoisotopic (exact) mass is 307 g/mol. The first-order valence-corrected chi connectivity index (χ1v) is 7.43. The van der Waals surface area contributed by atoms with Gasteiger partial charge in [-0.3, -0.25) is 0 Å². The van der Waals surface area contributed by atoms with Crippen LogP contribution < -0.4 is 4.90 Å². The summed E-state index contributed by atoms with van der Waals surface area (Å²) < 4.78 is 13.8. The van der Waals surface area contributed by atoms with Crippen LogP contribution in [-0.2, 0) is 0 Å². The van der Waals surface area contributed by atoms with Gasteiger partial charge in [-0.25, -0.2) is 4.39 Å². The van der Waals surface area contributed by atoms with Crippen LogP contribution in [0.2, 0.25) is 5.02 Å². The van der Waals surface area contributed by atoms with Crippen LogP contribution in [-0.4, -0.2) is 18.2 Å². The highest BCUT2D eigenvalue weighted by molar-refractivity contribution is 6.31. The van der Waals surface area contributed by atoms with Gasteiger partial charge in [0, 0.05) is 18.1 Å². The number of hydrogen-bond acceptors (Lipinski definition) is 2. The summed E-state index contributed by atoms with van der Waals surface area (Å²) >= 11 is 6.08. The van der Waals surface area contributed by atoms with Crippen molar-refractivity contribution in [1.82, 2.24) is 0 Å². The van der Waals surface area contributed by atoms with E-state index in [9.17, 15) is 9.50 Å². The SMILES string of the molecule is CCN(CCC(O)c1ccccc1Cl)c1ccccc1F. The molecule has 4 heteroatoms. The lowest BCUT2D eigenvalue weighted by Gasteiger charge is -2.25. The van der Waals surface area contributed by atoms with Crippen LogP contribution in [0, 0.1) is 5.82 Å². The highest BCUT2D eigenvalue weighted by atomic mass is 35.5. The fourth-order valence-corrected chi connectivity index (χ4v) is 2.60. The smallest absolute Gasteiger partial charge is 0.146 e. The zero-order chi connectivity index (χ0) is 15.2. The van der Waals surface area contributed by atoms with Crippen LogP contribution in [0.15, 0.2) is 48.5 Å². The third-order valence-corrected chi connectivity index (χ3v) is 3.86. The Kier molecular flexibility index (Phi) is 5.59. The van der Waals surface area contributed by atoms with Crippen LogP contribution in [0.25, 0.3) is 0 Å². The summed E-state index contributed by atoms with van der Waals surface area (Å²) in [5, 5.41) is 10.8. The molecule has 2 rings (SSSR count). The van der Waals surface area contributed by atoms with Gasteiger partial charge in [-0.15, -0.1) is 0 Å². The van der Waals surface area contributed by atoms with Crippen molar-refractivity contribution < 1.29 is 9.50 Å². The van der Waals surface area contributed by atoms with Crippen molar-refractivity contribution in [2.24, 2.45) is 0 Å². The molecule has 2 aromatic rings. The first kappa shape index (κ1) is 15.8. The summed E-state index contributed by atoms with van der Waals surface area (Å²) in [4.78, 5) is 1.91. The minimum absolute atomic E-state index is 0.244. The molecule has 112 valence electrons. The molecule has 0 aliphatic rings. The first-order chi connectivity index (χ1) is 10.1. The van der Waals surface area contributed by atoms with Crippen molar-refractivity contribution in [3.63, 3.8) is 0 Å². The molecule has 0 amide bonds. The lowest BCUT2D eigenvalue weighted by atomic mass is 10.1. The summed E-state index contributed by atoms with van der Waals surface area (Å²) in [6, 6.07) is 13.9. The average Bonchev–Trinajstić information content (AvgIpc) is 2.49. The molecule has 1 unspecified atom stereocenters. The molecule has 1 atom stereocenters. The second-order valence-electron chi connectivity index (χ2n) is 4.86. The van der Waals surface area contributed by atoms with Gasteiger partial charge in [-0.2, -0.15) is 0 Å². The zero-order valence-corrected chi connectivity index (χ0v) is 12.7. The van der Waals surface area contributed by atoms with Gasteiger partial charge in [-0.05, 0) is 37.1 Å². The van der Waals surface area contributed by atoms with Crippen molar-refractivity contribution in [2.45, 2.75) is 19.4 Å². The van der Waals surface area contributed by atoms with Crippen molar-refractivity contribution in [3.8, 4) is 0 Å². The molecule has 0 saturated heterocycles. The molecule has 0 fully saturated rings. The number of rotatable bonds is 6. The lowest BCUT2D eigenvalue weighted by molar-refractivity contribution is 0.169. The van der Waals surface area contributed by atoms with E-state index in [-0.39, 0.29) is 5.82 Å². The quantitative estimate of drug-likeness (QED) is 0.853. The van der Waals surface area contributed by atoms with Crippen molar-refractivity contribution in [1.29, 1.82) is 0 Å². The largest absolute Gasteiger partial charge is 0.388 e. The van der Waals surface area contributed by atoms with Crippen LogP contribution >= 0.6 is 11.6 Å². The third-order valence-electron chi connectivity index (χ3n) is 3.51. The lowest BCUT2D eigenvalue weighted by Crippen LogP contribution is -2.26. The molecule has 0 heterocycles. The summed E-state index contributed by atoms with van der Waals surface area (Å²) in [5.41, 5.74) is 1.27. The summed E-state index contributed by atoms with van der Waals surface area (Å²) in [6.45, 7) is 3.20. The maximum absolute atomic E-state index is 13.8. The number of aliphatic hydroxyl groups is 1. The molecule has 2 aromatic carbocycles. The summed E-state index contributed by atoms with van der Waals surface area (Å²) in [6.07, 6.45) is -0.161. The highest BCUT2D eigenvalue weighted by Crippen LogP contribution is 2.26. The molecule has 2 nitrogen and oxygen atoms in total. The van der Waals surface area contributed by atoms with Gasteiger partial charge >= 0.3 is 0 Å². The minimum atomic E-state index is -0.653. The summed E-state index contributed by atoms with van der Waals surface area (Å²) in [5.74, 6) is -0.244. The molecule has 0 aliphatic heterocycles. The topological polar surface area (TPSA) is 23.5 Å². The van der Waals surface area contributed by atoms with E-state index in [4.69, 9.17) is 11.6 Å². The van der Waals surface area contributed by atoms with Crippen LogP contribution in [0.4, 0.5) is 10.1 Å². The first-order valence-electron chi connectivity index (χ1n) is 7.05. The molecule has 1 N–H and O–H groups in total. The van der Waals surface area contributed by atoms with Gasteiger partial charge < -0.3 is 10.0 Å². The van der Waals surface area contributed by atoms with E-state index in [1.54, 1.807) is 18.2 Å². The van der Waals surface area contributed by atoms with Crippen molar-refractivity contribution >= 4 is 17.3 Å². The van der Waals surface area contributed by atoms with Gasteiger partial charge in [0.1, 0.15) is 5.82 Å². The average molecular weight is 308 g/mol. The molecule has 0 saturated carbocycles. The van der Waals surface area contributed by atoms with E-state index in [0.717, 1.165) is 0 Å². The van der Waals surface area contributed by atoms with E-state index in [0.29, 0.717) is 35.8 Å². The molecule has 0 spiro atoms. The standard InChI is InChI=1S/C17H19ClFNO/c1-2-20(16-10-6-5-9-15(16)19)12-11-17(21)13-7-3-4-8-14(13)18/h3-10,17,21H,2,11-12H2,1H3. The highest BCUT2D eigenvalue weighted by Gasteiger charge is 2.14. The Bertz CT molecular complexity index is 591. The van der Waals surface area contributed by atoms with Gasteiger partial charge in [0.15, 0.2) is 0 Å². The second-order valence-corrected chi connectivity index (χ2v) is 5.26. The number of aliphatic hydroxyl groups excluding tert-OH is 1. The molecular weight excluding hydrogens is 289 g/mol. The van der Waals surface area contributed by atoms with E-state index in [2.05, 4.69) is 0 Å². The Morgan fingerprint density at radius 1 is 1.14 bits per heavy atom. The maximum atomic E-state index is 13.8. The Hall–Kier alpha value is -1.58. The molecule has 0 aromatic heterocycles. The minimum Gasteiger partial charge on any atom is -0.388 e. The van der Waals surface area contributed by atoms with E-state index in [1.807, 2.05) is 36.1 Å². The Labute approximate surface area is 129 Å². The molecular formula is C17H19ClFNO. The van der Waals surface area contributed by atoms with Crippen molar-refractivity contribution in [3.05, 3.63) is 64.9 Å². The molecule has 21 heavy (non-hydrogen) atoms. The maximum Gasteiger partial charge on any atom is 0.146 e. The van der Waals surface area contributed by atoms with Crippen LogP contribution in [0.5, 0.6) is 0 Å². The number of halogens is 2. The number of benzene rings is 2. The van der Waals surface area contributed by atoms with Crippen LogP contribution in [0.1, 0.15) is 25.0 Å². The number of para-hydroxylation sites is 1. The van der Waals surface area contributed by atoms with E-state index < -0.39 is 6.10 Å². The second kappa shape index (κ2) is 7.43. The Morgan fingerprint density at radius 3 is 2.48 bits per heavy atom. The Morgan fingerprint density at radius 2 is 1.81 bits per heavy atom. The fraction of sp³-hybridized carbons (Fsp3) is 0.294. The number of nitrogens with zero attached hydrogens (tertiary/aromatic N) is 1. The molecule has 0 bridgehead atoms. The third kappa shape index (κ3) is 3.96. The van der Waals surface area contributed by atoms with Crippen molar-refractivity contribution in [2.75, 3.05) is 18.0 Å². The van der Waals surface area contributed by atoms with E-state index >= 15 is 0 Å². The van der Waals surface area contributed by atoms with Gasteiger partial charge in [-0.1, -0.05) is 41.9 Å². The molecule has 0 radical (unpaired) electrons. The van der Waals surface area contributed by atoms with Gasteiger partial charge in [0.2, 0.25) is 0 Å². The predicted octanol–water partition coefficient (Wildman–Crippen LogP) is 4.43. The van der Waals surface area contributed by atoms with E-state index in [1.165, 1.54) is 6.07 Å². The Balaban J connectivity index is 2.04. The number of hydrogen-bond donors (Lipinski definition) is 1.